The first-order valence-electron chi connectivity index (χ1n) is 16.5. The number of carbonyl (C=O) groups is 2. The van der Waals surface area contributed by atoms with Crippen molar-refractivity contribution in [1.29, 1.82) is 0 Å². The maximum Gasteiger partial charge on any atom is 0.243 e. The van der Waals surface area contributed by atoms with Crippen molar-refractivity contribution in [3.05, 3.63) is 110 Å². The summed E-state index contributed by atoms with van der Waals surface area (Å²) in [5.74, 6) is 2.51. The zero-order chi connectivity index (χ0) is 37.6. The number of nitrogens with zero attached hydrogens (tertiary/aromatic N) is 3. The molecule has 0 atom stereocenters. The molecule has 0 saturated heterocycles. The molecule has 2 heterocycles. The number of methoxy groups -OCH3 is 4. The summed E-state index contributed by atoms with van der Waals surface area (Å²) in [5.41, 5.74) is 6.67. The fourth-order valence-corrected chi connectivity index (χ4v) is 5.29. The maximum atomic E-state index is 12.4. The van der Waals surface area contributed by atoms with E-state index in [1.807, 2.05) is 84.7 Å². The number of carbonyl (C=O) groups excluding carboxylic acids is 2. The summed E-state index contributed by atoms with van der Waals surface area (Å²) in [5, 5.41) is 22.3. The molecule has 5 N–H and O–H groups in total. The summed E-state index contributed by atoms with van der Waals surface area (Å²) < 4.78 is 21.3. The van der Waals surface area contributed by atoms with Gasteiger partial charge in [-0.15, -0.1) is 0 Å². The van der Waals surface area contributed by atoms with Crippen molar-refractivity contribution in [2.24, 2.45) is 0 Å². The van der Waals surface area contributed by atoms with E-state index < -0.39 is 0 Å². The Morgan fingerprint density at radius 3 is 1.72 bits per heavy atom. The van der Waals surface area contributed by atoms with Crippen molar-refractivity contribution < 1.29 is 28.5 Å². The van der Waals surface area contributed by atoms with Crippen LogP contribution in [0.5, 0.6) is 23.0 Å². The number of amides is 2. The highest BCUT2D eigenvalue weighted by Crippen LogP contribution is 2.33. The van der Waals surface area contributed by atoms with Crippen LogP contribution in [0.3, 0.4) is 0 Å². The van der Waals surface area contributed by atoms with Gasteiger partial charge in [-0.2, -0.15) is 10.2 Å². The smallest absolute Gasteiger partial charge is 0.243 e. The Kier molecular flexibility index (Phi) is 12.9. The van der Waals surface area contributed by atoms with Crippen molar-refractivity contribution in [1.82, 2.24) is 20.4 Å². The summed E-state index contributed by atoms with van der Waals surface area (Å²) in [6.07, 6.45) is 7.01. The Morgan fingerprint density at radius 2 is 1.19 bits per heavy atom. The van der Waals surface area contributed by atoms with Gasteiger partial charge in [-0.05, 0) is 48.5 Å². The average Bonchev–Trinajstić information content (AvgIpc) is 3.93. The first kappa shape index (κ1) is 37.3. The standard InChI is InChI=1S/C20H22N4O3.C19H20N4O3/c1-24(16-5-4-6-17(10-16)26-2)13-20(25)23-15-7-8-18(19(9-15)27-3)14-11-21-22-12-14;1-25-16-5-3-4-14(8-16)20-12-19(24)23-15-6-7-17(18(9-15)26-2)13-10-21-22-11-13/h4-12H,13H2,1-3H3,(H,21,22)(H,23,25);3-11,20H,12H2,1-2H3,(H,21,22)(H,23,24). The second-order valence-corrected chi connectivity index (χ2v) is 11.5. The van der Waals surface area contributed by atoms with Gasteiger partial charge in [0.15, 0.2) is 0 Å². The summed E-state index contributed by atoms with van der Waals surface area (Å²) in [6.45, 7) is 0.345. The van der Waals surface area contributed by atoms with Crippen LogP contribution in [0.2, 0.25) is 0 Å². The number of rotatable bonds is 14. The summed E-state index contributed by atoms with van der Waals surface area (Å²) in [4.78, 5) is 26.5. The number of aromatic amines is 2. The fourth-order valence-electron chi connectivity index (χ4n) is 5.29. The number of benzene rings is 4. The molecule has 2 amide bonds. The molecule has 0 aliphatic heterocycles. The largest absolute Gasteiger partial charge is 0.497 e. The van der Waals surface area contributed by atoms with Gasteiger partial charge in [-0.3, -0.25) is 19.8 Å². The fraction of sp³-hybridized carbons (Fsp3) is 0.179. The Labute approximate surface area is 307 Å². The van der Waals surface area contributed by atoms with Crippen LogP contribution in [0.25, 0.3) is 22.3 Å². The molecule has 0 saturated carbocycles. The van der Waals surface area contributed by atoms with Crippen LogP contribution < -0.4 is 39.8 Å². The lowest BCUT2D eigenvalue weighted by Crippen LogP contribution is -2.30. The lowest BCUT2D eigenvalue weighted by Gasteiger charge is -2.19. The van der Waals surface area contributed by atoms with E-state index in [-0.39, 0.29) is 24.9 Å². The molecule has 4 aromatic carbocycles. The minimum absolute atomic E-state index is 0.126. The second-order valence-electron chi connectivity index (χ2n) is 11.5. The number of ether oxygens (including phenoxy) is 4. The molecule has 6 rings (SSSR count). The highest BCUT2D eigenvalue weighted by Gasteiger charge is 2.13. The molecule has 0 aliphatic carbocycles. The van der Waals surface area contributed by atoms with Gasteiger partial charge in [-0.1, -0.05) is 12.1 Å². The Morgan fingerprint density at radius 1 is 0.642 bits per heavy atom. The molecule has 14 nitrogen and oxygen atoms in total. The monoisotopic (exact) mass is 718 g/mol. The molecule has 0 unspecified atom stereocenters. The van der Waals surface area contributed by atoms with Crippen LogP contribution >= 0.6 is 0 Å². The SMILES string of the molecule is COc1cccc(N(C)CC(=O)Nc2ccc(-c3cn[nH]c3)c(OC)c2)c1.COc1cccc(NCC(=O)Nc2ccc(-c3cn[nH]c3)c(OC)c2)c1. The van der Waals surface area contributed by atoms with E-state index in [0.717, 1.165) is 45.1 Å². The minimum Gasteiger partial charge on any atom is -0.497 e. The minimum atomic E-state index is -0.161. The third kappa shape index (κ3) is 10.3. The van der Waals surface area contributed by atoms with Crippen molar-refractivity contribution in [2.75, 3.05) is 69.4 Å². The van der Waals surface area contributed by atoms with E-state index in [2.05, 4.69) is 36.3 Å². The summed E-state index contributed by atoms with van der Waals surface area (Å²) >= 11 is 0. The van der Waals surface area contributed by atoms with Gasteiger partial charge in [0.05, 0.1) is 53.9 Å². The van der Waals surface area contributed by atoms with Crippen LogP contribution in [0.15, 0.2) is 110 Å². The number of aromatic nitrogens is 4. The van der Waals surface area contributed by atoms with Gasteiger partial charge >= 0.3 is 0 Å². The summed E-state index contributed by atoms with van der Waals surface area (Å²) in [7, 11) is 8.27. The molecular formula is C39H42N8O6. The quantitative estimate of drug-likeness (QED) is 0.0861. The van der Waals surface area contributed by atoms with Crippen LogP contribution in [0.1, 0.15) is 0 Å². The first-order valence-corrected chi connectivity index (χ1v) is 16.5. The van der Waals surface area contributed by atoms with Crippen LogP contribution in [-0.4, -0.2) is 80.8 Å². The predicted octanol–water partition coefficient (Wildman–Crippen LogP) is 6.31. The van der Waals surface area contributed by atoms with Crippen LogP contribution in [0.4, 0.5) is 22.7 Å². The number of nitrogens with one attached hydrogen (secondary N) is 5. The molecule has 14 heteroatoms. The highest BCUT2D eigenvalue weighted by molar-refractivity contribution is 5.95. The third-order valence-corrected chi connectivity index (χ3v) is 7.99. The van der Waals surface area contributed by atoms with Crippen LogP contribution in [0, 0.1) is 0 Å². The summed E-state index contributed by atoms with van der Waals surface area (Å²) in [6, 6.07) is 26.0. The van der Waals surface area contributed by atoms with Gasteiger partial charge in [-0.25, -0.2) is 0 Å². The highest BCUT2D eigenvalue weighted by atomic mass is 16.5. The van der Waals surface area contributed by atoms with Gasteiger partial charge in [0, 0.05) is 88.7 Å². The zero-order valence-electron chi connectivity index (χ0n) is 30.1. The normalized spacial score (nSPS) is 10.3. The van der Waals surface area contributed by atoms with E-state index in [9.17, 15) is 9.59 Å². The Bertz CT molecular complexity index is 2090. The topological polar surface area (TPSA) is 168 Å². The van der Waals surface area contributed by atoms with Gasteiger partial charge in [0.25, 0.3) is 0 Å². The molecule has 0 aliphatic rings. The number of anilines is 4. The van der Waals surface area contributed by atoms with E-state index in [1.54, 1.807) is 65.4 Å². The molecule has 2 aromatic heterocycles. The molecule has 274 valence electrons. The lowest BCUT2D eigenvalue weighted by molar-refractivity contribution is -0.115. The molecular weight excluding hydrogens is 676 g/mol. The van der Waals surface area contributed by atoms with Crippen molar-refractivity contribution in [3.63, 3.8) is 0 Å². The second kappa shape index (κ2) is 18.3. The van der Waals surface area contributed by atoms with Crippen molar-refractivity contribution >= 4 is 34.6 Å². The van der Waals surface area contributed by atoms with E-state index in [4.69, 9.17) is 18.9 Å². The maximum absolute atomic E-state index is 12.4. The predicted molar refractivity (Wildman–Crippen MR) is 206 cm³/mol. The Hall–Kier alpha value is -6.96. The average molecular weight is 719 g/mol. The van der Waals surface area contributed by atoms with Crippen LogP contribution in [-0.2, 0) is 9.59 Å². The van der Waals surface area contributed by atoms with E-state index in [0.29, 0.717) is 22.9 Å². The van der Waals surface area contributed by atoms with Gasteiger partial charge in [0.1, 0.15) is 23.0 Å². The number of H-pyrrole nitrogens is 2. The molecule has 53 heavy (non-hydrogen) atoms. The number of hydrogen-bond donors (Lipinski definition) is 5. The Balaban J connectivity index is 0.000000204. The van der Waals surface area contributed by atoms with Gasteiger partial charge in [0.2, 0.25) is 11.8 Å². The molecule has 0 fully saturated rings. The third-order valence-electron chi connectivity index (χ3n) is 7.99. The molecule has 0 bridgehead atoms. The zero-order valence-corrected chi connectivity index (χ0v) is 30.1. The molecule has 0 spiro atoms. The van der Waals surface area contributed by atoms with Gasteiger partial charge < -0.3 is 39.8 Å². The molecule has 0 radical (unpaired) electrons. The van der Waals surface area contributed by atoms with Crippen molar-refractivity contribution in [2.45, 2.75) is 0 Å². The van der Waals surface area contributed by atoms with Crippen molar-refractivity contribution in [3.8, 4) is 45.3 Å². The first-order chi connectivity index (χ1) is 25.8. The lowest BCUT2D eigenvalue weighted by atomic mass is 10.1. The number of hydrogen-bond acceptors (Lipinski definition) is 10. The van der Waals surface area contributed by atoms with E-state index >= 15 is 0 Å². The van der Waals surface area contributed by atoms with E-state index in [1.165, 1.54) is 0 Å². The molecule has 6 aromatic rings. The number of likely N-dealkylation sites (N-methyl/N-ethyl adjacent to an activating group) is 1.